The molecule has 0 saturated heterocycles. The van der Waals surface area contributed by atoms with Crippen LogP contribution in [0.4, 0.5) is 0 Å². The zero-order valence-electron chi connectivity index (χ0n) is 6.83. The lowest BCUT2D eigenvalue weighted by atomic mass is 9.86. The Morgan fingerprint density at radius 2 is 1.60 bits per heavy atom. The summed E-state index contributed by atoms with van der Waals surface area (Å²) in [4.78, 5) is 0. The van der Waals surface area contributed by atoms with E-state index in [1.807, 2.05) is 6.92 Å². The Morgan fingerprint density at radius 1 is 1.30 bits per heavy atom. The molecule has 0 aromatic heterocycles. The van der Waals surface area contributed by atoms with Crippen LogP contribution in [0.5, 0.6) is 0 Å². The highest BCUT2D eigenvalue weighted by Gasteiger charge is 2.33. The number of hydrogen-bond acceptors (Lipinski definition) is 3. The summed E-state index contributed by atoms with van der Waals surface area (Å²) in [6, 6.07) is 0. The molecular formula is C7H17NO2. The second kappa shape index (κ2) is 3.32. The number of aliphatic hydroxyl groups is 2. The highest BCUT2D eigenvalue weighted by molar-refractivity contribution is 4.92. The standard InChI is InChI=1S/C7H17NO2/c1-4-7(8,5(2)9)6(3)10/h5-6,9-10H,4,8H2,1-3H3. The molecule has 0 aliphatic rings. The van der Waals surface area contributed by atoms with Gasteiger partial charge in [-0.05, 0) is 20.3 Å². The summed E-state index contributed by atoms with van der Waals surface area (Å²) in [5.74, 6) is 0. The van der Waals surface area contributed by atoms with Crippen LogP contribution in [-0.2, 0) is 0 Å². The SMILES string of the molecule is CCC(N)(C(C)O)C(C)O. The van der Waals surface area contributed by atoms with E-state index < -0.39 is 17.7 Å². The summed E-state index contributed by atoms with van der Waals surface area (Å²) in [6.45, 7) is 5.03. The maximum absolute atomic E-state index is 9.16. The maximum Gasteiger partial charge on any atom is 0.0716 e. The van der Waals surface area contributed by atoms with Gasteiger partial charge in [-0.2, -0.15) is 0 Å². The first-order valence-corrected chi connectivity index (χ1v) is 3.60. The third-order valence-electron chi connectivity index (χ3n) is 2.17. The molecule has 0 aromatic rings. The Kier molecular flexibility index (Phi) is 3.28. The second-order valence-electron chi connectivity index (χ2n) is 2.82. The lowest BCUT2D eigenvalue weighted by molar-refractivity contribution is 0.00540. The van der Waals surface area contributed by atoms with Crippen molar-refractivity contribution in [3.05, 3.63) is 0 Å². The van der Waals surface area contributed by atoms with Crippen molar-refractivity contribution in [1.82, 2.24) is 0 Å². The molecule has 0 aliphatic carbocycles. The van der Waals surface area contributed by atoms with Crippen LogP contribution in [0.3, 0.4) is 0 Å². The van der Waals surface area contributed by atoms with E-state index in [0.29, 0.717) is 6.42 Å². The van der Waals surface area contributed by atoms with Gasteiger partial charge in [0.05, 0.1) is 17.7 Å². The average molecular weight is 147 g/mol. The number of hydrogen-bond donors (Lipinski definition) is 3. The zero-order valence-corrected chi connectivity index (χ0v) is 6.83. The second-order valence-corrected chi connectivity index (χ2v) is 2.82. The highest BCUT2D eigenvalue weighted by Crippen LogP contribution is 2.16. The molecule has 10 heavy (non-hydrogen) atoms. The molecule has 2 atom stereocenters. The first-order valence-electron chi connectivity index (χ1n) is 3.60. The van der Waals surface area contributed by atoms with Gasteiger partial charge in [0.15, 0.2) is 0 Å². The summed E-state index contributed by atoms with van der Waals surface area (Å²) in [7, 11) is 0. The average Bonchev–Trinajstić information content (AvgIpc) is 1.85. The van der Waals surface area contributed by atoms with Crippen molar-refractivity contribution >= 4 is 0 Å². The molecule has 0 spiro atoms. The third kappa shape index (κ3) is 1.68. The van der Waals surface area contributed by atoms with Gasteiger partial charge < -0.3 is 15.9 Å². The molecule has 0 radical (unpaired) electrons. The van der Waals surface area contributed by atoms with E-state index in [9.17, 15) is 0 Å². The fraction of sp³-hybridized carbons (Fsp3) is 1.00. The van der Waals surface area contributed by atoms with Gasteiger partial charge >= 0.3 is 0 Å². The summed E-state index contributed by atoms with van der Waals surface area (Å²) in [5.41, 5.74) is 4.84. The van der Waals surface area contributed by atoms with Crippen LogP contribution in [0.25, 0.3) is 0 Å². The van der Waals surface area contributed by atoms with Crippen molar-refractivity contribution in [3.63, 3.8) is 0 Å². The minimum Gasteiger partial charge on any atom is -0.391 e. The van der Waals surface area contributed by atoms with Crippen molar-refractivity contribution in [2.45, 2.75) is 44.9 Å². The molecule has 4 N–H and O–H groups in total. The van der Waals surface area contributed by atoms with Crippen molar-refractivity contribution in [1.29, 1.82) is 0 Å². The third-order valence-corrected chi connectivity index (χ3v) is 2.17. The minimum atomic E-state index is -0.847. The van der Waals surface area contributed by atoms with E-state index in [4.69, 9.17) is 15.9 Å². The molecular weight excluding hydrogens is 130 g/mol. The van der Waals surface area contributed by atoms with E-state index in [1.54, 1.807) is 13.8 Å². The summed E-state index contributed by atoms with van der Waals surface area (Å²) in [6.07, 6.45) is -0.766. The number of aliphatic hydroxyl groups excluding tert-OH is 2. The van der Waals surface area contributed by atoms with Gasteiger partial charge in [0, 0.05) is 0 Å². The molecule has 3 heteroatoms. The topological polar surface area (TPSA) is 66.5 Å². The Labute approximate surface area is 61.9 Å². The summed E-state index contributed by atoms with van der Waals surface area (Å²) < 4.78 is 0. The molecule has 0 saturated carbocycles. The molecule has 0 amide bonds. The fourth-order valence-corrected chi connectivity index (χ4v) is 0.940. The number of nitrogens with two attached hydrogens (primary N) is 1. The fourth-order valence-electron chi connectivity index (χ4n) is 0.940. The lowest BCUT2D eigenvalue weighted by Crippen LogP contribution is -2.56. The first-order chi connectivity index (χ1) is 4.45. The van der Waals surface area contributed by atoms with Crippen molar-refractivity contribution in [2.75, 3.05) is 0 Å². The molecule has 0 rings (SSSR count). The molecule has 62 valence electrons. The van der Waals surface area contributed by atoms with E-state index in [-0.39, 0.29) is 0 Å². The van der Waals surface area contributed by atoms with Gasteiger partial charge in [0.25, 0.3) is 0 Å². The van der Waals surface area contributed by atoms with Gasteiger partial charge in [-0.15, -0.1) is 0 Å². The van der Waals surface area contributed by atoms with Gasteiger partial charge in [-0.1, -0.05) is 6.92 Å². The Hall–Kier alpha value is -0.120. The molecule has 2 unspecified atom stereocenters. The van der Waals surface area contributed by atoms with Crippen LogP contribution in [0, 0.1) is 0 Å². The monoisotopic (exact) mass is 147 g/mol. The molecule has 0 heterocycles. The largest absolute Gasteiger partial charge is 0.391 e. The quantitative estimate of drug-likeness (QED) is 0.520. The van der Waals surface area contributed by atoms with Crippen LogP contribution in [0.15, 0.2) is 0 Å². The van der Waals surface area contributed by atoms with Crippen molar-refractivity contribution in [2.24, 2.45) is 5.73 Å². The summed E-state index contributed by atoms with van der Waals surface area (Å²) in [5, 5.41) is 18.3. The van der Waals surface area contributed by atoms with Crippen LogP contribution in [0.2, 0.25) is 0 Å². The van der Waals surface area contributed by atoms with Crippen LogP contribution in [-0.4, -0.2) is 28.0 Å². The maximum atomic E-state index is 9.16. The van der Waals surface area contributed by atoms with Gasteiger partial charge in [0.2, 0.25) is 0 Å². The van der Waals surface area contributed by atoms with Gasteiger partial charge in [-0.25, -0.2) is 0 Å². The minimum absolute atomic E-state index is 0.572. The molecule has 0 bridgehead atoms. The normalized spacial score (nSPS) is 23.4. The Balaban J connectivity index is 4.23. The highest BCUT2D eigenvalue weighted by atomic mass is 16.3. The first kappa shape index (κ1) is 9.88. The van der Waals surface area contributed by atoms with Gasteiger partial charge in [-0.3, -0.25) is 0 Å². The number of rotatable bonds is 3. The van der Waals surface area contributed by atoms with Gasteiger partial charge in [0.1, 0.15) is 0 Å². The van der Waals surface area contributed by atoms with Crippen LogP contribution >= 0.6 is 0 Å². The predicted octanol–water partition coefficient (Wildman–Crippen LogP) is -0.144. The zero-order chi connectivity index (χ0) is 8.36. The lowest BCUT2D eigenvalue weighted by Gasteiger charge is -2.34. The summed E-state index contributed by atoms with van der Waals surface area (Å²) >= 11 is 0. The smallest absolute Gasteiger partial charge is 0.0716 e. The van der Waals surface area contributed by atoms with E-state index in [0.717, 1.165) is 0 Å². The molecule has 0 aliphatic heterocycles. The van der Waals surface area contributed by atoms with E-state index in [1.165, 1.54) is 0 Å². The Bertz CT molecular complexity index is 93.8. The van der Waals surface area contributed by atoms with E-state index in [2.05, 4.69) is 0 Å². The van der Waals surface area contributed by atoms with Crippen LogP contribution < -0.4 is 5.73 Å². The molecule has 0 aromatic carbocycles. The molecule has 0 fully saturated rings. The molecule has 3 nitrogen and oxygen atoms in total. The van der Waals surface area contributed by atoms with E-state index >= 15 is 0 Å². The Morgan fingerprint density at radius 3 is 1.60 bits per heavy atom. The van der Waals surface area contributed by atoms with Crippen LogP contribution in [0.1, 0.15) is 27.2 Å². The predicted molar refractivity (Wildman–Crippen MR) is 40.6 cm³/mol. The van der Waals surface area contributed by atoms with Crippen molar-refractivity contribution < 1.29 is 10.2 Å². The van der Waals surface area contributed by atoms with Crippen molar-refractivity contribution in [3.8, 4) is 0 Å².